The first kappa shape index (κ1) is 11.4. The van der Waals surface area contributed by atoms with Gasteiger partial charge in [-0.2, -0.15) is 0 Å². The van der Waals surface area contributed by atoms with Crippen LogP contribution in [0, 0.1) is 0 Å². The highest BCUT2D eigenvalue weighted by molar-refractivity contribution is 5.79. The number of nitrogens with zero attached hydrogens (tertiary/aromatic N) is 1. The van der Waals surface area contributed by atoms with E-state index in [0.717, 1.165) is 23.0 Å². The van der Waals surface area contributed by atoms with Crippen molar-refractivity contribution < 1.29 is 0 Å². The first-order chi connectivity index (χ1) is 8.35. The highest BCUT2D eigenvalue weighted by Crippen LogP contribution is 2.19. The van der Waals surface area contributed by atoms with E-state index in [2.05, 4.69) is 21.5 Å². The van der Waals surface area contributed by atoms with Crippen LogP contribution in [0.25, 0.3) is 11.0 Å². The molecule has 0 amide bonds. The van der Waals surface area contributed by atoms with E-state index in [0.29, 0.717) is 0 Å². The molecule has 88 valence electrons. The first-order valence-electron chi connectivity index (χ1n) is 5.54. The first-order valence-corrected chi connectivity index (χ1v) is 5.54. The maximum absolute atomic E-state index is 5.32. The molecule has 0 aliphatic carbocycles. The topological polar surface area (TPSA) is 66.7 Å². The van der Waals surface area contributed by atoms with Crippen molar-refractivity contribution in [2.24, 2.45) is 5.84 Å². The second-order valence-corrected chi connectivity index (χ2v) is 3.78. The molecule has 0 saturated heterocycles. The highest BCUT2D eigenvalue weighted by atomic mass is 15.2. The summed E-state index contributed by atoms with van der Waals surface area (Å²) in [6.45, 7) is 1.99. The minimum atomic E-state index is 0.820. The minimum absolute atomic E-state index is 0.820. The van der Waals surface area contributed by atoms with E-state index in [1.807, 2.05) is 31.3 Å². The van der Waals surface area contributed by atoms with Gasteiger partial charge >= 0.3 is 0 Å². The second kappa shape index (κ2) is 5.32. The highest BCUT2D eigenvalue weighted by Gasteiger charge is 2.04. The van der Waals surface area contributed by atoms with E-state index < -0.39 is 0 Å². The number of pyridine rings is 1. The van der Waals surface area contributed by atoms with Crippen LogP contribution in [0.5, 0.6) is 0 Å². The Balaban J connectivity index is 2.31. The summed E-state index contributed by atoms with van der Waals surface area (Å²) >= 11 is 0. The molecule has 0 spiro atoms. The van der Waals surface area contributed by atoms with Gasteiger partial charge in [0.15, 0.2) is 0 Å². The summed E-state index contributed by atoms with van der Waals surface area (Å²) in [7, 11) is 0. The summed E-state index contributed by atoms with van der Waals surface area (Å²) in [5, 5.41) is 1.15. The average Bonchev–Trinajstić information content (AvgIpc) is 2.74. The Morgan fingerprint density at radius 2 is 2.47 bits per heavy atom. The van der Waals surface area contributed by atoms with Crippen molar-refractivity contribution in [1.29, 1.82) is 0 Å². The van der Waals surface area contributed by atoms with Gasteiger partial charge in [-0.25, -0.2) is 4.98 Å². The van der Waals surface area contributed by atoms with Crippen LogP contribution in [-0.2, 0) is 6.42 Å². The molecule has 0 unspecified atom stereocenters. The average molecular weight is 228 g/mol. The van der Waals surface area contributed by atoms with E-state index in [-0.39, 0.29) is 0 Å². The van der Waals surface area contributed by atoms with E-state index >= 15 is 0 Å². The van der Waals surface area contributed by atoms with Crippen molar-refractivity contribution in [2.75, 3.05) is 0 Å². The van der Waals surface area contributed by atoms with Gasteiger partial charge < -0.3 is 10.4 Å². The number of hydrogen-bond donors (Lipinski definition) is 3. The fraction of sp³-hybridized carbons (Fsp3) is 0.154. The van der Waals surface area contributed by atoms with E-state index in [1.165, 1.54) is 5.56 Å². The summed E-state index contributed by atoms with van der Waals surface area (Å²) in [5.41, 5.74) is 5.83. The van der Waals surface area contributed by atoms with Gasteiger partial charge in [0.1, 0.15) is 5.65 Å². The predicted octanol–water partition coefficient (Wildman–Crippen LogP) is 2.03. The molecule has 0 aliphatic heterocycles. The summed E-state index contributed by atoms with van der Waals surface area (Å²) in [6.07, 6.45) is 10.4. The van der Waals surface area contributed by atoms with Crippen LogP contribution in [-0.4, -0.2) is 9.97 Å². The van der Waals surface area contributed by atoms with Crippen LogP contribution in [0.4, 0.5) is 0 Å². The maximum atomic E-state index is 5.32. The predicted molar refractivity (Wildman–Crippen MR) is 70.0 cm³/mol. The maximum Gasteiger partial charge on any atom is 0.137 e. The van der Waals surface area contributed by atoms with Gasteiger partial charge in [-0.15, -0.1) is 0 Å². The van der Waals surface area contributed by atoms with Gasteiger partial charge in [0, 0.05) is 30.4 Å². The number of nitrogens with one attached hydrogen (secondary N) is 2. The molecule has 0 saturated carbocycles. The van der Waals surface area contributed by atoms with Crippen LogP contribution < -0.4 is 11.3 Å². The Kier molecular flexibility index (Phi) is 3.57. The van der Waals surface area contributed by atoms with Gasteiger partial charge in [0.25, 0.3) is 0 Å². The van der Waals surface area contributed by atoms with Crippen molar-refractivity contribution in [3.63, 3.8) is 0 Å². The van der Waals surface area contributed by atoms with Crippen LogP contribution in [0.15, 0.2) is 48.5 Å². The lowest BCUT2D eigenvalue weighted by atomic mass is 10.1. The molecule has 2 heterocycles. The number of fused-ring (bicyclic) bond motifs is 1. The van der Waals surface area contributed by atoms with Gasteiger partial charge in [0.05, 0.1) is 0 Å². The summed E-state index contributed by atoms with van der Waals surface area (Å²) < 4.78 is 0. The molecular formula is C13H16N4. The quantitative estimate of drug-likeness (QED) is 0.426. The minimum Gasteiger partial charge on any atom is -0.346 e. The molecule has 4 heteroatoms. The second-order valence-electron chi connectivity index (χ2n) is 3.78. The molecule has 4 N–H and O–H groups in total. The zero-order valence-corrected chi connectivity index (χ0v) is 9.77. The van der Waals surface area contributed by atoms with Gasteiger partial charge in [-0.3, -0.25) is 5.84 Å². The molecule has 0 radical (unpaired) electrons. The van der Waals surface area contributed by atoms with Crippen molar-refractivity contribution in [1.82, 2.24) is 15.4 Å². The van der Waals surface area contributed by atoms with Crippen molar-refractivity contribution in [2.45, 2.75) is 13.3 Å². The van der Waals surface area contributed by atoms with Gasteiger partial charge in [0.2, 0.25) is 0 Å². The van der Waals surface area contributed by atoms with Crippen molar-refractivity contribution in [3.05, 3.63) is 54.0 Å². The molecular weight excluding hydrogens is 212 g/mol. The molecule has 0 fully saturated rings. The van der Waals surface area contributed by atoms with Crippen molar-refractivity contribution in [3.8, 4) is 0 Å². The van der Waals surface area contributed by atoms with Gasteiger partial charge in [-0.1, -0.05) is 12.2 Å². The van der Waals surface area contributed by atoms with Gasteiger partial charge in [-0.05, 0) is 30.2 Å². The smallest absolute Gasteiger partial charge is 0.137 e. The normalized spacial score (nSPS) is 12.5. The van der Waals surface area contributed by atoms with Crippen LogP contribution in [0.2, 0.25) is 0 Å². The molecule has 4 nitrogen and oxygen atoms in total. The monoisotopic (exact) mass is 228 g/mol. The standard InChI is InChI=1S/C13H16N4/c1-2-4-10(8-17-14)7-11-9-16-13-12(11)5-3-6-15-13/h2-6,8-9,17H,7,14H2,1H3,(H,15,16)/b4-2-,10-8+. The summed E-state index contributed by atoms with van der Waals surface area (Å²) in [6, 6.07) is 4.01. The van der Waals surface area contributed by atoms with E-state index in [1.54, 1.807) is 12.4 Å². The third-order valence-corrected chi connectivity index (χ3v) is 2.58. The molecule has 2 rings (SSSR count). The van der Waals surface area contributed by atoms with E-state index in [9.17, 15) is 0 Å². The Morgan fingerprint density at radius 3 is 3.24 bits per heavy atom. The van der Waals surface area contributed by atoms with Crippen LogP contribution >= 0.6 is 0 Å². The zero-order chi connectivity index (χ0) is 12.1. The van der Waals surface area contributed by atoms with E-state index in [4.69, 9.17) is 5.84 Å². The number of rotatable bonds is 4. The molecule has 2 aromatic heterocycles. The zero-order valence-electron chi connectivity index (χ0n) is 9.77. The van der Waals surface area contributed by atoms with Crippen LogP contribution in [0.3, 0.4) is 0 Å². The molecule has 0 aromatic carbocycles. The molecule has 2 aromatic rings. The Bertz CT molecular complexity index is 551. The fourth-order valence-electron chi connectivity index (χ4n) is 1.86. The lowest BCUT2D eigenvalue weighted by Gasteiger charge is -2.01. The fourth-order valence-corrected chi connectivity index (χ4v) is 1.86. The molecule has 0 atom stereocenters. The number of nitrogens with two attached hydrogens (primary N) is 1. The Labute approximate surface area is 100 Å². The molecule has 0 aliphatic rings. The summed E-state index contributed by atoms with van der Waals surface area (Å²) in [5.74, 6) is 5.32. The number of hydrogen-bond acceptors (Lipinski definition) is 3. The lowest BCUT2D eigenvalue weighted by Crippen LogP contribution is -2.14. The SMILES string of the molecule is C/C=C\C(=C/NN)Cc1c[nH]c2ncccc12. The Morgan fingerprint density at radius 1 is 1.59 bits per heavy atom. The summed E-state index contributed by atoms with van der Waals surface area (Å²) in [4.78, 5) is 7.43. The number of H-pyrrole nitrogens is 1. The molecule has 0 bridgehead atoms. The number of hydrazine groups is 1. The third kappa shape index (κ3) is 2.54. The van der Waals surface area contributed by atoms with Crippen LogP contribution in [0.1, 0.15) is 12.5 Å². The Hall–Kier alpha value is -2.07. The molecule has 17 heavy (non-hydrogen) atoms. The number of aromatic amines is 1. The third-order valence-electron chi connectivity index (χ3n) is 2.58. The lowest BCUT2D eigenvalue weighted by molar-refractivity contribution is 0.947. The number of aromatic nitrogens is 2. The largest absolute Gasteiger partial charge is 0.346 e. The van der Waals surface area contributed by atoms with Crippen molar-refractivity contribution >= 4 is 11.0 Å². The number of allylic oxidation sites excluding steroid dienone is 3.